The van der Waals surface area contributed by atoms with E-state index in [0.29, 0.717) is 5.56 Å². The van der Waals surface area contributed by atoms with Gasteiger partial charge in [-0.05, 0) is 60.9 Å². The molecule has 0 saturated heterocycles. The van der Waals surface area contributed by atoms with Gasteiger partial charge in [-0.3, -0.25) is 4.68 Å². The van der Waals surface area contributed by atoms with Crippen LogP contribution in [0.1, 0.15) is 35.5 Å². The largest absolute Gasteiger partial charge is 0.313 e. The number of nitrogens with one attached hydrogen (secondary N) is 1. The second-order valence-electron chi connectivity index (χ2n) is 5.22. The van der Waals surface area contributed by atoms with Gasteiger partial charge >= 0.3 is 0 Å². The second kappa shape index (κ2) is 6.71. The van der Waals surface area contributed by atoms with Gasteiger partial charge in [-0.1, -0.05) is 12.1 Å². The van der Waals surface area contributed by atoms with Crippen LogP contribution in [0, 0.1) is 19.7 Å². The summed E-state index contributed by atoms with van der Waals surface area (Å²) in [5, 5.41) is 7.84. The second-order valence-corrected chi connectivity index (χ2v) is 6.01. The third-order valence-electron chi connectivity index (χ3n) is 3.78. The zero-order valence-electron chi connectivity index (χ0n) is 12.9. The first-order valence-electron chi connectivity index (χ1n) is 7.13. The summed E-state index contributed by atoms with van der Waals surface area (Å²) in [6.07, 6.45) is 0.802. The van der Waals surface area contributed by atoms with E-state index in [-0.39, 0.29) is 11.9 Å². The summed E-state index contributed by atoms with van der Waals surface area (Å²) >= 11 is 3.63. The Morgan fingerprint density at radius 1 is 1.38 bits per heavy atom. The lowest BCUT2D eigenvalue weighted by Gasteiger charge is -2.18. The Hall–Kier alpha value is -1.20. The Morgan fingerprint density at radius 3 is 2.67 bits per heavy atom. The predicted molar refractivity (Wildman–Crippen MR) is 87.0 cm³/mol. The summed E-state index contributed by atoms with van der Waals surface area (Å²) < 4.78 is 16.5. The average molecular weight is 354 g/mol. The van der Waals surface area contributed by atoms with Gasteiger partial charge in [0.1, 0.15) is 5.82 Å². The van der Waals surface area contributed by atoms with Crippen molar-refractivity contribution >= 4 is 15.9 Å². The van der Waals surface area contributed by atoms with Gasteiger partial charge in [0.2, 0.25) is 0 Å². The van der Waals surface area contributed by atoms with Gasteiger partial charge in [0, 0.05) is 19.0 Å². The number of hydrogen-bond donors (Lipinski definition) is 1. The number of likely N-dealkylation sites (N-methyl/N-ethyl adjacent to an activating group) is 1. The van der Waals surface area contributed by atoms with Crippen LogP contribution in [0.25, 0.3) is 0 Å². The molecule has 114 valence electrons. The Labute approximate surface area is 133 Å². The standard InChI is InChI=1S/C16H21BrFN3/c1-5-21-15(16(17)11(3)20-21)9-14(19-4)12-6-7-13(18)10(2)8-12/h6-8,14,19H,5,9H2,1-4H3. The number of nitrogens with zero attached hydrogens (tertiary/aromatic N) is 2. The van der Waals surface area contributed by atoms with Crippen molar-refractivity contribution in [1.29, 1.82) is 0 Å². The number of aromatic nitrogens is 2. The van der Waals surface area contributed by atoms with Gasteiger partial charge in [0.15, 0.2) is 0 Å². The van der Waals surface area contributed by atoms with Crippen LogP contribution in [0.3, 0.4) is 0 Å². The fraction of sp³-hybridized carbons (Fsp3) is 0.438. The summed E-state index contributed by atoms with van der Waals surface area (Å²) in [5.74, 6) is -0.163. The highest BCUT2D eigenvalue weighted by molar-refractivity contribution is 9.10. The minimum absolute atomic E-state index is 0.127. The Balaban J connectivity index is 2.33. The average Bonchev–Trinajstić information content (AvgIpc) is 2.75. The molecule has 0 radical (unpaired) electrons. The molecule has 0 fully saturated rings. The van der Waals surface area contributed by atoms with Crippen molar-refractivity contribution < 1.29 is 4.39 Å². The minimum Gasteiger partial charge on any atom is -0.313 e. The molecule has 1 atom stereocenters. The molecule has 1 N–H and O–H groups in total. The molecule has 0 aliphatic carbocycles. The highest BCUT2D eigenvalue weighted by atomic mass is 79.9. The van der Waals surface area contributed by atoms with Gasteiger partial charge in [0.05, 0.1) is 15.9 Å². The van der Waals surface area contributed by atoms with Gasteiger partial charge in [-0.2, -0.15) is 5.10 Å². The van der Waals surface area contributed by atoms with Crippen molar-refractivity contribution in [3.05, 3.63) is 51.0 Å². The van der Waals surface area contributed by atoms with E-state index in [9.17, 15) is 4.39 Å². The first-order chi connectivity index (χ1) is 9.97. The van der Waals surface area contributed by atoms with Crippen molar-refractivity contribution in [2.75, 3.05) is 7.05 Å². The Kier molecular flexibility index (Phi) is 5.17. The maximum atomic E-state index is 13.4. The number of hydrogen-bond acceptors (Lipinski definition) is 2. The van der Waals surface area contributed by atoms with E-state index < -0.39 is 0 Å². The first-order valence-corrected chi connectivity index (χ1v) is 7.92. The molecule has 0 aliphatic heterocycles. The SMILES string of the molecule is CCn1nc(C)c(Br)c1CC(NC)c1ccc(F)c(C)c1. The fourth-order valence-electron chi connectivity index (χ4n) is 2.53. The smallest absolute Gasteiger partial charge is 0.126 e. The van der Waals surface area contributed by atoms with Crippen LogP contribution in [0.4, 0.5) is 4.39 Å². The van der Waals surface area contributed by atoms with E-state index >= 15 is 0 Å². The van der Waals surface area contributed by atoms with E-state index in [1.54, 1.807) is 6.92 Å². The quantitative estimate of drug-likeness (QED) is 0.882. The fourth-order valence-corrected chi connectivity index (χ4v) is 2.97. The molecule has 2 rings (SSSR count). The van der Waals surface area contributed by atoms with Crippen molar-refractivity contribution in [2.45, 2.75) is 39.8 Å². The first kappa shape index (κ1) is 16.2. The van der Waals surface area contributed by atoms with Crippen molar-refractivity contribution in [2.24, 2.45) is 0 Å². The zero-order valence-corrected chi connectivity index (χ0v) is 14.5. The minimum atomic E-state index is -0.163. The molecule has 1 aromatic carbocycles. The molecule has 3 nitrogen and oxygen atoms in total. The van der Waals surface area contributed by atoms with Crippen LogP contribution in [-0.4, -0.2) is 16.8 Å². The van der Waals surface area contributed by atoms with E-state index in [4.69, 9.17) is 0 Å². The monoisotopic (exact) mass is 353 g/mol. The summed E-state index contributed by atoms with van der Waals surface area (Å²) in [6, 6.07) is 5.41. The molecule has 0 aliphatic rings. The molecular formula is C16H21BrFN3. The van der Waals surface area contributed by atoms with Crippen molar-refractivity contribution in [3.8, 4) is 0 Å². The summed E-state index contributed by atoms with van der Waals surface area (Å²) in [5.41, 5.74) is 3.92. The maximum absolute atomic E-state index is 13.4. The molecular weight excluding hydrogens is 333 g/mol. The molecule has 5 heteroatoms. The lowest BCUT2D eigenvalue weighted by atomic mass is 10.00. The lowest BCUT2D eigenvalue weighted by molar-refractivity contribution is 0.537. The highest BCUT2D eigenvalue weighted by Crippen LogP contribution is 2.27. The van der Waals surface area contributed by atoms with Crippen LogP contribution < -0.4 is 5.32 Å². The van der Waals surface area contributed by atoms with Crippen LogP contribution in [0.15, 0.2) is 22.7 Å². The third-order valence-corrected chi connectivity index (χ3v) is 4.81. The highest BCUT2D eigenvalue weighted by Gasteiger charge is 2.18. The molecule has 0 bridgehead atoms. The maximum Gasteiger partial charge on any atom is 0.126 e. The molecule has 0 amide bonds. The van der Waals surface area contributed by atoms with Crippen LogP contribution in [0.2, 0.25) is 0 Å². The third kappa shape index (κ3) is 3.35. The van der Waals surface area contributed by atoms with E-state index in [1.807, 2.05) is 30.8 Å². The topological polar surface area (TPSA) is 29.9 Å². The molecule has 1 unspecified atom stereocenters. The molecule has 0 saturated carbocycles. The number of rotatable bonds is 5. The molecule has 2 aromatic rings. The van der Waals surface area contributed by atoms with Crippen LogP contribution in [-0.2, 0) is 13.0 Å². The Morgan fingerprint density at radius 2 is 2.10 bits per heavy atom. The van der Waals surface area contributed by atoms with E-state index in [2.05, 4.69) is 33.3 Å². The van der Waals surface area contributed by atoms with Crippen molar-refractivity contribution in [1.82, 2.24) is 15.1 Å². The molecule has 21 heavy (non-hydrogen) atoms. The molecule has 1 aromatic heterocycles. The normalized spacial score (nSPS) is 12.7. The summed E-state index contributed by atoms with van der Waals surface area (Å²) in [4.78, 5) is 0. The summed E-state index contributed by atoms with van der Waals surface area (Å²) in [7, 11) is 1.93. The lowest BCUT2D eigenvalue weighted by Crippen LogP contribution is -2.21. The van der Waals surface area contributed by atoms with Crippen molar-refractivity contribution in [3.63, 3.8) is 0 Å². The molecule has 0 spiro atoms. The summed E-state index contributed by atoms with van der Waals surface area (Å²) in [6.45, 7) is 6.71. The van der Waals surface area contributed by atoms with E-state index in [0.717, 1.165) is 34.4 Å². The van der Waals surface area contributed by atoms with Gasteiger partial charge in [0.25, 0.3) is 0 Å². The number of halogens is 2. The predicted octanol–water partition coefficient (Wildman–Crippen LogP) is 3.92. The van der Waals surface area contributed by atoms with E-state index in [1.165, 1.54) is 6.07 Å². The number of aryl methyl sites for hydroxylation is 3. The Bertz CT molecular complexity index is 637. The zero-order chi connectivity index (χ0) is 15.6. The van der Waals surface area contributed by atoms with Gasteiger partial charge in [-0.15, -0.1) is 0 Å². The van der Waals surface area contributed by atoms with Gasteiger partial charge < -0.3 is 5.32 Å². The van der Waals surface area contributed by atoms with Crippen LogP contribution >= 0.6 is 15.9 Å². The van der Waals surface area contributed by atoms with Crippen LogP contribution in [0.5, 0.6) is 0 Å². The number of benzene rings is 1. The molecule has 1 heterocycles. The van der Waals surface area contributed by atoms with Gasteiger partial charge in [-0.25, -0.2) is 4.39 Å².